The fourth-order valence-electron chi connectivity index (χ4n) is 2.30. The van der Waals surface area contributed by atoms with E-state index in [0.29, 0.717) is 6.61 Å². The van der Waals surface area contributed by atoms with Gasteiger partial charge >= 0.3 is 6.09 Å². The van der Waals surface area contributed by atoms with Gasteiger partial charge in [0, 0.05) is 12.1 Å². The smallest absolute Gasteiger partial charge is 0.414 e. The van der Waals surface area contributed by atoms with Crippen LogP contribution in [0.3, 0.4) is 0 Å². The molecule has 1 aromatic carbocycles. The van der Waals surface area contributed by atoms with Crippen molar-refractivity contribution in [3.05, 3.63) is 24.3 Å². The summed E-state index contributed by atoms with van der Waals surface area (Å²) in [6, 6.07) is 6.69. The number of carbonyl (C=O) groups is 1. The summed E-state index contributed by atoms with van der Waals surface area (Å²) in [5.74, 6) is 0.207. The first kappa shape index (κ1) is 9.51. The molecule has 1 aliphatic carbocycles. The molecule has 2 fully saturated rings. The highest BCUT2D eigenvalue weighted by molar-refractivity contribution is 5.91. The van der Waals surface area contributed by atoms with Gasteiger partial charge in [-0.05, 0) is 37.1 Å². The SMILES string of the molecule is O=C1OCCC2(CC2)N1c1ccc(O)cc1. The average Bonchev–Trinajstić information content (AvgIpc) is 3.01. The Bertz CT molecular complexity index is 422. The van der Waals surface area contributed by atoms with E-state index in [0.717, 1.165) is 24.9 Å². The first-order valence-corrected chi connectivity index (χ1v) is 5.47. The molecule has 0 unspecified atom stereocenters. The molecule has 4 nitrogen and oxygen atoms in total. The van der Waals surface area contributed by atoms with Crippen molar-refractivity contribution in [1.82, 2.24) is 0 Å². The molecule has 0 radical (unpaired) electrons. The maximum Gasteiger partial charge on any atom is 0.414 e. The number of hydrogen-bond donors (Lipinski definition) is 1. The summed E-state index contributed by atoms with van der Waals surface area (Å²) in [6.45, 7) is 0.521. The van der Waals surface area contributed by atoms with Crippen LogP contribution in [0, 0.1) is 0 Å². The number of benzene rings is 1. The van der Waals surface area contributed by atoms with Crippen molar-refractivity contribution in [3.8, 4) is 5.75 Å². The Morgan fingerprint density at radius 3 is 2.50 bits per heavy atom. The van der Waals surface area contributed by atoms with Crippen LogP contribution in [0.4, 0.5) is 10.5 Å². The minimum Gasteiger partial charge on any atom is -0.508 e. The minimum absolute atomic E-state index is 0.00763. The van der Waals surface area contributed by atoms with E-state index < -0.39 is 0 Å². The van der Waals surface area contributed by atoms with E-state index in [1.165, 1.54) is 0 Å². The van der Waals surface area contributed by atoms with Gasteiger partial charge in [-0.25, -0.2) is 4.79 Å². The van der Waals surface area contributed by atoms with Crippen LogP contribution in [0.15, 0.2) is 24.3 Å². The number of anilines is 1. The number of carbonyl (C=O) groups excluding carboxylic acids is 1. The third kappa shape index (κ3) is 1.33. The average molecular weight is 219 g/mol. The molecule has 16 heavy (non-hydrogen) atoms. The molecule has 1 saturated heterocycles. The fraction of sp³-hybridized carbons (Fsp3) is 0.417. The molecule has 1 heterocycles. The Balaban J connectivity index is 1.97. The molecule has 1 saturated carbocycles. The predicted molar refractivity (Wildman–Crippen MR) is 58.5 cm³/mol. The van der Waals surface area contributed by atoms with E-state index in [9.17, 15) is 9.90 Å². The molecule has 2 aliphatic rings. The number of amides is 1. The van der Waals surface area contributed by atoms with Crippen LogP contribution < -0.4 is 4.90 Å². The third-order valence-corrected chi connectivity index (χ3v) is 3.38. The lowest BCUT2D eigenvalue weighted by Gasteiger charge is -2.35. The second-order valence-corrected chi connectivity index (χ2v) is 4.44. The van der Waals surface area contributed by atoms with Crippen LogP contribution in [0.25, 0.3) is 0 Å². The number of rotatable bonds is 1. The molecular weight excluding hydrogens is 206 g/mol. The Kier molecular flexibility index (Phi) is 1.87. The van der Waals surface area contributed by atoms with Crippen LogP contribution in [-0.2, 0) is 4.74 Å². The first-order valence-electron chi connectivity index (χ1n) is 5.47. The summed E-state index contributed by atoms with van der Waals surface area (Å²) in [5, 5.41) is 9.23. The van der Waals surface area contributed by atoms with Gasteiger partial charge in [0.1, 0.15) is 5.75 Å². The summed E-state index contributed by atoms with van der Waals surface area (Å²) in [5.41, 5.74) is 0.798. The number of cyclic esters (lactones) is 1. The minimum atomic E-state index is -0.269. The molecule has 0 aromatic heterocycles. The van der Waals surface area contributed by atoms with Gasteiger partial charge in [0.25, 0.3) is 0 Å². The molecule has 84 valence electrons. The van der Waals surface area contributed by atoms with Crippen molar-refractivity contribution in [2.24, 2.45) is 0 Å². The summed E-state index contributed by atoms with van der Waals surface area (Å²) >= 11 is 0. The highest BCUT2D eigenvalue weighted by Gasteiger charge is 2.53. The Hall–Kier alpha value is -1.71. The highest BCUT2D eigenvalue weighted by Crippen LogP contribution is 2.49. The van der Waals surface area contributed by atoms with E-state index >= 15 is 0 Å². The number of phenols is 1. The lowest BCUT2D eigenvalue weighted by Crippen LogP contribution is -2.47. The number of phenolic OH excluding ortho intramolecular Hbond substituents is 1. The van der Waals surface area contributed by atoms with E-state index in [1.807, 2.05) is 0 Å². The topological polar surface area (TPSA) is 49.8 Å². The van der Waals surface area contributed by atoms with E-state index in [2.05, 4.69) is 0 Å². The van der Waals surface area contributed by atoms with Crippen molar-refractivity contribution < 1.29 is 14.6 Å². The second kappa shape index (κ2) is 3.14. The number of hydrogen-bond acceptors (Lipinski definition) is 3. The Morgan fingerprint density at radius 2 is 1.88 bits per heavy atom. The standard InChI is InChI=1S/C12H13NO3/c14-10-3-1-9(2-4-10)13-11(15)16-8-7-12(13)5-6-12/h1-4,14H,5-8H2. The molecule has 0 bridgehead atoms. The van der Waals surface area contributed by atoms with Gasteiger partial charge in [-0.15, -0.1) is 0 Å². The first-order chi connectivity index (χ1) is 7.71. The number of aromatic hydroxyl groups is 1. The van der Waals surface area contributed by atoms with E-state index in [4.69, 9.17) is 4.74 Å². The molecule has 0 atom stereocenters. The third-order valence-electron chi connectivity index (χ3n) is 3.38. The maximum absolute atomic E-state index is 11.8. The summed E-state index contributed by atoms with van der Waals surface area (Å²) < 4.78 is 5.08. The molecular formula is C12H13NO3. The van der Waals surface area contributed by atoms with Gasteiger partial charge in [0.15, 0.2) is 0 Å². The van der Waals surface area contributed by atoms with Gasteiger partial charge in [-0.3, -0.25) is 4.90 Å². The van der Waals surface area contributed by atoms with Crippen molar-refractivity contribution >= 4 is 11.8 Å². The number of nitrogens with zero attached hydrogens (tertiary/aromatic N) is 1. The molecule has 4 heteroatoms. The van der Waals surface area contributed by atoms with Crippen LogP contribution >= 0.6 is 0 Å². The normalized spacial score (nSPS) is 22.0. The fourth-order valence-corrected chi connectivity index (χ4v) is 2.30. The molecule has 1 aliphatic heterocycles. The maximum atomic E-state index is 11.8. The molecule has 1 spiro atoms. The monoisotopic (exact) mass is 219 g/mol. The van der Waals surface area contributed by atoms with Crippen LogP contribution in [0.5, 0.6) is 5.75 Å². The van der Waals surface area contributed by atoms with Crippen LogP contribution in [0.1, 0.15) is 19.3 Å². The largest absolute Gasteiger partial charge is 0.508 e. The zero-order valence-corrected chi connectivity index (χ0v) is 8.85. The lowest BCUT2D eigenvalue weighted by atomic mass is 10.1. The number of ether oxygens (including phenoxy) is 1. The van der Waals surface area contributed by atoms with Crippen molar-refractivity contribution in [2.75, 3.05) is 11.5 Å². The van der Waals surface area contributed by atoms with Crippen molar-refractivity contribution in [1.29, 1.82) is 0 Å². The van der Waals surface area contributed by atoms with Gasteiger partial charge in [0.2, 0.25) is 0 Å². The van der Waals surface area contributed by atoms with Gasteiger partial charge in [-0.2, -0.15) is 0 Å². The predicted octanol–water partition coefficient (Wildman–Crippen LogP) is 2.27. The molecule has 3 rings (SSSR count). The Labute approximate surface area is 93.4 Å². The lowest BCUT2D eigenvalue weighted by molar-refractivity contribution is 0.126. The Morgan fingerprint density at radius 1 is 1.19 bits per heavy atom. The zero-order valence-electron chi connectivity index (χ0n) is 8.85. The second-order valence-electron chi connectivity index (χ2n) is 4.44. The van der Waals surface area contributed by atoms with Gasteiger partial charge < -0.3 is 9.84 Å². The van der Waals surface area contributed by atoms with E-state index in [-0.39, 0.29) is 17.4 Å². The molecule has 1 amide bonds. The van der Waals surface area contributed by atoms with Crippen molar-refractivity contribution in [2.45, 2.75) is 24.8 Å². The zero-order chi connectivity index (χ0) is 11.2. The molecule has 1 N–H and O–H groups in total. The highest BCUT2D eigenvalue weighted by atomic mass is 16.6. The van der Waals surface area contributed by atoms with E-state index in [1.54, 1.807) is 29.2 Å². The van der Waals surface area contributed by atoms with Gasteiger partial charge in [-0.1, -0.05) is 0 Å². The van der Waals surface area contributed by atoms with Crippen LogP contribution in [-0.4, -0.2) is 23.3 Å². The van der Waals surface area contributed by atoms with Crippen molar-refractivity contribution in [3.63, 3.8) is 0 Å². The molecule has 1 aromatic rings. The summed E-state index contributed by atoms with van der Waals surface area (Å²) in [6.07, 6.45) is 2.72. The van der Waals surface area contributed by atoms with Gasteiger partial charge in [0.05, 0.1) is 12.1 Å². The summed E-state index contributed by atoms with van der Waals surface area (Å²) in [4.78, 5) is 13.5. The summed E-state index contributed by atoms with van der Waals surface area (Å²) in [7, 11) is 0. The quantitative estimate of drug-likeness (QED) is 0.788. The van der Waals surface area contributed by atoms with Crippen LogP contribution in [0.2, 0.25) is 0 Å².